The number of carbonyl (C=O) groups is 1. The molecule has 0 bridgehead atoms. The van der Waals surface area contributed by atoms with E-state index < -0.39 is 0 Å². The highest BCUT2D eigenvalue weighted by Crippen LogP contribution is 2.40. The minimum Gasteiger partial charge on any atom is -0.328 e. The third-order valence-electron chi connectivity index (χ3n) is 4.29. The van der Waals surface area contributed by atoms with E-state index in [9.17, 15) is 4.79 Å². The van der Waals surface area contributed by atoms with E-state index in [1.165, 1.54) is 0 Å². The topological polar surface area (TPSA) is 59.8 Å². The zero-order chi connectivity index (χ0) is 16.5. The van der Waals surface area contributed by atoms with Gasteiger partial charge in [0.25, 0.3) is 0 Å². The number of allylic oxidation sites excluding steroid dienone is 2. The molecule has 0 radical (unpaired) electrons. The van der Waals surface area contributed by atoms with E-state index in [0.29, 0.717) is 17.5 Å². The SMILES string of the molecule is C=CCSc1nc2n(n1)[C@@H](c1ccccc1)C1=C(CCCC1=O)N2. The molecule has 24 heavy (non-hydrogen) atoms. The summed E-state index contributed by atoms with van der Waals surface area (Å²) in [4.78, 5) is 17.2. The van der Waals surface area contributed by atoms with Crippen LogP contribution >= 0.6 is 11.8 Å². The minimum absolute atomic E-state index is 0.198. The van der Waals surface area contributed by atoms with Crippen LogP contribution in [0, 0.1) is 0 Å². The molecular formula is C18H18N4OS. The molecular weight excluding hydrogens is 320 g/mol. The van der Waals surface area contributed by atoms with E-state index in [1.54, 1.807) is 11.8 Å². The predicted molar refractivity (Wildman–Crippen MR) is 95.0 cm³/mol. The fraction of sp³-hybridized carbons (Fsp3) is 0.278. The minimum atomic E-state index is -0.198. The van der Waals surface area contributed by atoms with Gasteiger partial charge in [-0.25, -0.2) is 4.68 Å². The highest BCUT2D eigenvalue weighted by Gasteiger charge is 2.36. The molecule has 1 atom stereocenters. The Kier molecular flexibility index (Phi) is 3.98. The molecule has 1 aromatic heterocycles. The summed E-state index contributed by atoms with van der Waals surface area (Å²) in [6, 6.07) is 9.87. The molecule has 6 heteroatoms. The molecule has 0 amide bonds. The molecule has 2 aromatic rings. The van der Waals surface area contributed by atoms with Crippen molar-refractivity contribution in [2.45, 2.75) is 30.5 Å². The van der Waals surface area contributed by atoms with Crippen LogP contribution in [0.2, 0.25) is 0 Å². The number of Topliss-reactive ketones (excluding diaryl/α,β-unsaturated/α-hetero) is 1. The van der Waals surface area contributed by atoms with Crippen molar-refractivity contribution in [1.29, 1.82) is 0 Å². The van der Waals surface area contributed by atoms with E-state index in [0.717, 1.165) is 35.4 Å². The molecule has 0 unspecified atom stereocenters. The fourth-order valence-electron chi connectivity index (χ4n) is 3.27. The van der Waals surface area contributed by atoms with Gasteiger partial charge in [-0.15, -0.1) is 11.7 Å². The van der Waals surface area contributed by atoms with Crippen LogP contribution in [-0.2, 0) is 4.79 Å². The lowest BCUT2D eigenvalue weighted by Crippen LogP contribution is -2.31. The van der Waals surface area contributed by atoms with Crippen molar-refractivity contribution >= 4 is 23.5 Å². The van der Waals surface area contributed by atoms with Crippen LogP contribution in [-0.4, -0.2) is 26.3 Å². The maximum Gasteiger partial charge on any atom is 0.227 e. The second kappa shape index (κ2) is 6.28. The third-order valence-corrected chi connectivity index (χ3v) is 5.13. The summed E-state index contributed by atoms with van der Waals surface area (Å²) in [5.41, 5.74) is 2.90. The molecule has 1 N–H and O–H groups in total. The quantitative estimate of drug-likeness (QED) is 0.682. The maximum atomic E-state index is 12.6. The number of nitrogens with zero attached hydrogens (tertiary/aromatic N) is 3. The second-order valence-electron chi connectivity index (χ2n) is 5.87. The van der Waals surface area contributed by atoms with Crippen LogP contribution in [0.1, 0.15) is 30.9 Å². The Morgan fingerprint density at radius 3 is 2.96 bits per heavy atom. The van der Waals surface area contributed by atoms with Crippen LogP contribution in [0.5, 0.6) is 0 Å². The Labute approximate surface area is 144 Å². The maximum absolute atomic E-state index is 12.6. The summed E-state index contributed by atoms with van der Waals surface area (Å²) in [6.45, 7) is 3.74. The van der Waals surface area contributed by atoms with Crippen LogP contribution in [0.4, 0.5) is 5.95 Å². The molecule has 1 aliphatic carbocycles. The highest BCUT2D eigenvalue weighted by atomic mass is 32.2. The van der Waals surface area contributed by atoms with Gasteiger partial charge in [0.15, 0.2) is 5.78 Å². The number of thioether (sulfide) groups is 1. The van der Waals surface area contributed by atoms with E-state index in [1.807, 2.05) is 41.1 Å². The van der Waals surface area contributed by atoms with E-state index in [4.69, 9.17) is 0 Å². The van der Waals surface area contributed by atoms with Crippen LogP contribution in [0.3, 0.4) is 0 Å². The van der Waals surface area contributed by atoms with Gasteiger partial charge < -0.3 is 5.32 Å². The Hall–Kier alpha value is -2.34. The number of hydrogen-bond acceptors (Lipinski definition) is 5. The predicted octanol–water partition coefficient (Wildman–Crippen LogP) is 3.58. The number of anilines is 1. The van der Waals surface area contributed by atoms with E-state index in [-0.39, 0.29) is 11.8 Å². The average molecular weight is 338 g/mol. The second-order valence-corrected chi connectivity index (χ2v) is 6.86. The lowest BCUT2D eigenvalue weighted by Gasteiger charge is -2.32. The molecule has 1 aromatic carbocycles. The zero-order valence-corrected chi connectivity index (χ0v) is 14.1. The number of carbonyl (C=O) groups excluding carboxylic acids is 1. The number of nitrogens with one attached hydrogen (secondary N) is 1. The summed E-state index contributed by atoms with van der Waals surface area (Å²) in [5.74, 6) is 1.67. The van der Waals surface area contributed by atoms with E-state index >= 15 is 0 Å². The van der Waals surface area contributed by atoms with Crippen molar-refractivity contribution in [2.24, 2.45) is 0 Å². The van der Waals surface area contributed by atoms with Gasteiger partial charge in [0.05, 0.1) is 0 Å². The Morgan fingerprint density at radius 2 is 2.17 bits per heavy atom. The lowest BCUT2D eigenvalue weighted by atomic mass is 9.85. The summed E-state index contributed by atoms with van der Waals surface area (Å²) >= 11 is 1.54. The molecule has 5 nitrogen and oxygen atoms in total. The first-order valence-electron chi connectivity index (χ1n) is 8.06. The molecule has 4 rings (SSSR count). The zero-order valence-electron chi connectivity index (χ0n) is 13.2. The van der Waals surface area contributed by atoms with Crippen molar-refractivity contribution in [3.8, 4) is 0 Å². The van der Waals surface area contributed by atoms with Crippen LogP contribution in [0.15, 0.2) is 59.4 Å². The van der Waals surface area contributed by atoms with Crippen molar-refractivity contribution in [1.82, 2.24) is 14.8 Å². The van der Waals surface area contributed by atoms with Crippen molar-refractivity contribution < 1.29 is 4.79 Å². The molecule has 1 aliphatic heterocycles. The summed E-state index contributed by atoms with van der Waals surface area (Å²) < 4.78 is 1.85. The molecule has 0 saturated heterocycles. The molecule has 122 valence electrons. The van der Waals surface area contributed by atoms with Gasteiger partial charge in [0.1, 0.15) is 6.04 Å². The Morgan fingerprint density at radius 1 is 1.33 bits per heavy atom. The summed E-state index contributed by atoms with van der Waals surface area (Å²) in [5, 5.41) is 8.68. The van der Waals surface area contributed by atoms with Crippen molar-refractivity contribution in [3.63, 3.8) is 0 Å². The monoisotopic (exact) mass is 338 g/mol. The molecule has 0 fully saturated rings. The largest absolute Gasteiger partial charge is 0.328 e. The van der Waals surface area contributed by atoms with Gasteiger partial charge in [-0.3, -0.25) is 4.79 Å². The van der Waals surface area contributed by atoms with Gasteiger partial charge in [-0.2, -0.15) is 4.98 Å². The molecule has 2 heterocycles. The number of aromatic nitrogens is 3. The number of rotatable bonds is 4. The van der Waals surface area contributed by atoms with Crippen molar-refractivity contribution in [3.05, 3.63) is 59.8 Å². The first kappa shape index (κ1) is 15.2. The number of benzene rings is 1. The average Bonchev–Trinajstić information content (AvgIpc) is 3.01. The molecule has 2 aliphatic rings. The normalized spacial score (nSPS) is 19.5. The summed E-state index contributed by atoms with van der Waals surface area (Å²) in [7, 11) is 0. The molecule has 0 spiro atoms. The summed E-state index contributed by atoms with van der Waals surface area (Å²) in [6.07, 6.45) is 4.20. The number of hydrogen-bond donors (Lipinski definition) is 1. The Balaban J connectivity index is 1.83. The van der Waals surface area contributed by atoms with Gasteiger partial charge in [-0.1, -0.05) is 48.2 Å². The van der Waals surface area contributed by atoms with Gasteiger partial charge in [0, 0.05) is 23.4 Å². The number of ketones is 1. The van der Waals surface area contributed by atoms with Gasteiger partial charge >= 0.3 is 0 Å². The van der Waals surface area contributed by atoms with E-state index in [2.05, 4.69) is 22.0 Å². The number of fused-ring (bicyclic) bond motifs is 1. The third kappa shape index (κ3) is 2.57. The van der Waals surface area contributed by atoms with Crippen LogP contribution < -0.4 is 5.32 Å². The molecule has 0 saturated carbocycles. The first-order chi connectivity index (χ1) is 11.8. The van der Waals surface area contributed by atoms with Crippen LogP contribution in [0.25, 0.3) is 0 Å². The van der Waals surface area contributed by atoms with Gasteiger partial charge in [0.2, 0.25) is 11.1 Å². The Bertz CT molecular complexity index is 825. The standard InChI is InChI=1S/C18H18N4OS/c1-2-11-24-18-20-17-19-13-9-6-10-14(23)15(13)16(22(17)21-18)12-7-4-3-5-8-12/h2-5,7-8,16H,1,6,9-11H2,(H,19,20,21)/t16-/m0/s1. The van der Waals surface area contributed by atoms with Gasteiger partial charge in [-0.05, 0) is 18.4 Å². The van der Waals surface area contributed by atoms with Crippen molar-refractivity contribution in [2.75, 3.05) is 11.1 Å². The smallest absolute Gasteiger partial charge is 0.227 e. The first-order valence-corrected chi connectivity index (χ1v) is 9.05. The highest BCUT2D eigenvalue weighted by molar-refractivity contribution is 7.99. The fourth-order valence-corrected chi connectivity index (χ4v) is 3.84. The lowest BCUT2D eigenvalue weighted by molar-refractivity contribution is -0.116.